The molecule has 2 rings (SSSR count). The zero-order valence-electron chi connectivity index (χ0n) is 11.0. The molecule has 0 atom stereocenters. The molecule has 0 aromatic heterocycles. The van der Waals surface area contributed by atoms with Crippen molar-refractivity contribution in [1.29, 1.82) is 0 Å². The Labute approximate surface area is 108 Å². The molecule has 2 N–H and O–H groups in total. The standard InChI is InChI=1S/C14H20N2O2/c1-3-15-13(17)16-10-14(18-2)8-11-6-4-5-7-12(11)9-14/h4-7H,3,8-10H2,1-2H3,(H2,15,16,17). The fraction of sp³-hybridized carbons (Fsp3) is 0.500. The van der Waals surface area contributed by atoms with Gasteiger partial charge in [-0.05, 0) is 18.1 Å². The lowest BCUT2D eigenvalue weighted by molar-refractivity contribution is 0.00178. The van der Waals surface area contributed by atoms with E-state index in [1.165, 1.54) is 11.1 Å². The number of fused-ring (bicyclic) bond motifs is 1. The molecule has 1 aliphatic carbocycles. The monoisotopic (exact) mass is 248 g/mol. The molecule has 98 valence electrons. The molecule has 0 saturated heterocycles. The highest BCUT2D eigenvalue weighted by atomic mass is 16.5. The van der Waals surface area contributed by atoms with Gasteiger partial charge in [-0.2, -0.15) is 0 Å². The average molecular weight is 248 g/mol. The molecule has 0 radical (unpaired) electrons. The second kappa shape index (κ2) is 5.40. The van der Waals surface area contributed by atoms with E-state index in [0.717, 1.165) is 12.8 Å². The van der Waals surface area contributed by atoms with Gasteiger partial charge in [-0.25, -0.2) is 4.79 Å². The van der Waals surface area contributed by atoms with Crippen molar-refractivity contribution in [2.75, 3.05) is 20.2 Å². The minimum atomic E-state index is -0.297. The zero-order chi connectivity index (χ0) is 13.0. The third-order valence-electron chi connectivity index (χ3n) is 3.49. The third-order valence-corrected chi connectivity index (χ3v) is 3.49. The SMILES string of the molecule is CCNC(=O)NCC1(OC)Cc2ccccc2C1. The Morgan fingerprint density at radius 2 is 1.89 bits per heavy atom. The second-order valence-corrected chi connectivity index (χ2v) is 4.72. The van der Waals surface area contributed by atoms with Gasteiger partial charge in [-0.3, -0.25) is 0 Å². The highest BCUT2D eigenvalue weighted by Gasteiger charge is 2.37. The molecule has 0 fully saturated rings. The van der Waals surface area contributed by atoms with E-state index >= 15 is 0 Å². The molecule has 2 amide bonds. The molecule has 0 spiro atoms. The highest BCUT2D eigenvalue weighted by molar-refractivity contribution is 5.73. The Balaban J connectivity index is 2.00. The molecule has 4 heteroatoms. The quantitative estimate of drug-likeness (QED) is 0.848. The fourth-order valence-electron chi connectivity index (χ4n) is 2.47. The number of carbonyl (C=O) groups excluding carboxylic acids is 1. The van der Waals surface area contributed by atoms with Gasteiger partial charge in [0.2, 0.25) is 0 Å². The Bertz CT molecular complexity index is 407. The van der Waals surface area contributed by atoms with E-state index in [1.54, 1.807) is 7.11 Å². The molecule has 0 heterocycles. The number of ether oxygens (including phenoxy) is 1. The van der Waals surface area contributed by atoms with Crippen molar-refractivity contribution in [2.45, 2.75) is 25.4 Å². The summed E-state index contributed by atoms with van der Waals surface area (Å²) in [6, 6.07) is 8.21. The number of amides is 2. The van der Waals surface area contributed by atoms with Gasteiger partial charge >= 0.3 is 6.03 Å². The van der Waals surface area contributed by atoms with Crippen molar-refractivity contribution in [3.8, 4) is 0 Å². The average Bonchev–Trinajstić information content (AvgIpc) is 2.76. The van der Waals surface area contributed by atoms with Crippen LogP contribution in [0.25, 0.3) is 0 Å². The van der Waals surface area contributed by atoms with Crippen LogP contribution in [0.2, 0.25) is 0 Å². The summed E-state index contributed by atoms with van der Waals surface area (Å²) in [6.45, 7) is 3.06. The Morgan fingerprint density at radius 1 is 1.28 bits per heavy atom. The Morgan fingerprint density at radius 3 is 2.39 bits per heavy atom. The van der Waals surface area contributed by atoms with Gasteiger partial charge in [0.15, 0.2) is 0 Å². The first-order valence-corrected chi connectivity index (χ1v) is 6.33. The van der Waals surface area contributed by atoms with E-state index in [2.05, 4.69) is 22.8 Å². The predicted octanol–water partition coefficient (Wildman–Crippen LogP) is 1.49. The number of benzene rings is 1. The molecule has 1 aromatic rings. The van der Waals surface area contributed by atoms with Gasteiger partial charge in [-0.1, -0.05) is 24.3 Å². The van der Waals surface area contributed by atoms with Crippen molar-refractivity contribution in [2.24, 2.45) is 0 Å². The number of nitrogens with one attached hydrogen (secondary N) is 2. The number of hydrogen-bond donors (Lipinski definition) is 2. The summed E-state index contributed by atoms with van der Waals surface area (Å²) in [4.78, 5) is 11.5. The van der Waals surface area contributed by atoms with Crippen LogP contribution >= 0.6 is 0 Å². The van der Waals surface area contributed by atoms with Crippen LogP contribution in [0.15, 0.2) is 24.3 Å². The largest absolute Gasteiger partial charge is 0.376 e. The van der Waals surface area contributed by atoms with E-state index in [-0.39, 0.29) is 11.6 Å². The van der Waals surface area contributed by atoms with Crippen molar-refractivity contribution < 1.29 is 9.53 Å². The number of rotatable bonds is 4. The Hall–Kier alpha value is -1.55. The number of methoxy groups -OCH3 is 1. The fourth-order valence-corrected chi connectivity index (χ4v) is 2.47. The van der Waals surface area contributed by atoms with Crippen molar-refractivity contribution in [3.05, 3.63) is 35.4 Å². The Kier molecular flexibility index (Phi) is 3.87. The van der Waals surface area contributed by atoms with E-state index < -0.39 is 0 Å². The lowest BCUT2D eigenvalue weighted by Crippen LogP contribution is -2.48. The van der Waals surface area contributed by atoms with Gasteiger partial charge in [-0.15, -0.1) is 0 Å². The highest BCUT2D eigenvalue weighted by Crippen LogP contribution is 2.31. The first-order valence-electron chi connectivity index (χ1n) is 6.33. The summed E-state index contributed by atoms with van der Waals surface area (Å²) in [5.41, 5.74) is 2.34. The summed E-state index contributed by atoms with van der Waals surface area (Å²) in [5.74, 6) is 0. The summed E-state index contributed by atoms with van der Waals surface area (Å²) < 4.78 is 5.67. The van der Waals surface area contributed by atoms with E-state index in [1.807, 2.05) is 19.1 Å². The lowest BCUT2D eigenvalue weighted by Gasteiger charge is -2.27. The lowest BCUT2D eigenvalue weighted by atomic mass is 10.0. The molecule has 4 nitrogen and oxygen atoms in total. The predicted molar refractivity (Wildman–Crippen MR) is 70.7 cm³/mol. The van der Waals surface area contributed by atoms with Crippen molar-refractivity contribution >= 4 is 6.03 Å². The molecular weight excluding hydrogens is 228 g/mol. The zero-order valence-corrected chi connectivity index (χ0v) is 11.0. The summed E-state index contributed by atoms with van der Waals surface area (Å²) in [6.07, 6.45) is 1.71. The third kappa shape index (κ3) is 2.64. The molecule has 0 bridgehead atoms. The number of hydrogen-bond acceptors (Lipinski definition) is 2. The molecule has 1 aliphatic rings. The first kappa shape index (κ1) is 12.9. The summed E-state index contributed by atoms with van der Waals surface area (Å²) >= 11 is 0. The van der Waals surface area contributed by atoms with Crippen molar-refractivity contribution in [3.63, 3.8) is 0 Å². The van der Waals surface area contributed by atoms with Gasteiger partial charge in [0.1, 0.15) is 0 Å². The molecule has 0 aliphatic heterocycles. The molecule has 0 unspecified atom stereocenters. The first-order chi connectivity index (χ1) is 8.69. The van der Waals surface area contributed by atoms with Crippen LogP contribution in [0, 0.1) is 0 Å². The van der Waals surface area contributed by atoms with Crippen molar-refractivity contribution in [1.82, 2.24) is 10.6 Å². The van der Waals surface area contributed by atoms with E-state index in [0.29, 0.717) is 13.1 Å². The van der Waals surface area contributed by atoms with Gasteiger partial charge in [0.25, 0.3) is 0 Å². The number of urea groups is 1. The maximum Gasteiger partial charge on any atom is 0.314 e. The minimum absolute atomic E-state index is 0.134. The maximum absolute atomic E-state index is 11.5. The van der Waals surface area contributed by atoms with Crippen LogP contribution in [-0.2, 0) is 17.6 Å². The van der Waals surface area contributed by atoms with Crippen LogP contribution < -0.4 is 10.6 Å². The number of carbonyl (C=O) groups is 1. The normalized spacial score (nSPS) is 16.1. The van der Waals surface area contributed by atoms with E-state index in [9.17, 15) is 4.79 Å². The minimum Gasteiger partial charge on any atom is -0.376 e. The van der Waals surface area contributed by atoms with Crippen LogP contribution in [0.1, 0.15) is 18.1 Å². The van der Waals surface area contributed by atoms with Gasteiger partial charge in [0, 0.05) is 33.0 Å². The van der Waals surface area contributed by atoms with E-state index in [4.69, 9.17) is 4.74 Å². The van der Waals surface area contributed by atoms with Crippen LogP contribution in [0.4, 0.5) is 4.79 Å². The van der Waals surface area contributed by atoms with Gasteiger partial charge < -0.3 is 15.4 Å². The topological polar surface area (TPSA) is 50.4 Å². The molecule has 1 aromatic carbocycles. The van der Waals surface area contributed by atoms with Crippen LogP contribution in [0.3, 0.4) is 0 Å². The van der Waals surface area contributed by atoms with Crippen LogP contribution in [0.5, 0.6) is 0 Å². The molecule has 0 saturated carbocycles. The van der Waals surface area contributed by atoms with Crippen LogP contribution in [-0.4, -0.2) is 31.8 Å². The second-order valence-electron chi connectivity index (χ2n) is 4.72. The smallest absolute Gasteiger partial charge is 0.314 e. The summed E-state index contributed by atoms with van der Waals surface area (Å²) in [5, 5.41) is 5.60. The van der Waals surface area contributed by atoms with Gasteiger partial charge in [0.05, 0.1) is 5.60 Å². The maximum atomic E-state index is 11.5. The molecular formula is C14H20N2O2. The molecule has 18 heavy (non-hydrogen) atoms. The summed E-state index contributed by atoms with van der Waals surface area (Å²) in [7, 11) is 1.71.